The van der Waals surface area contributed by atoms with E-state index in [2.05, 4.69) is 22.5 Å². The Balaban J connectivity index is 1.52. The first kappa shape index (κ1) is 35.2. The number of Topliss-reactive ketones (excluding diaryl/α,β-unsaturated/α-hetero) is 1. The molecule has 8 atom stereocenters. The number of piperidine rings is 2. The van der Waals surface area contributed by atoms with E-state index in [1.54, 1.807) is 12.1 Å². The van der Waals surface area contributed by atoms with Crippen molar-refractivity contribution in [2.75, 3.05) is 33.0 Å². The van der Waals surface area contributed by atoms with Gasteiger partial charge in [-0.15, -0.1) is 11.6 Å². The van der Waals surface area contributed by atoms with Crippen LogP contribution in [0.1, 0.15) is 90.1 Å². The van der Waals surface area contributed by atoms with Gasteiger partial charge in [-0.25, -0.2) is 0 Å². The Kier molecular flexibility index (Phi) is 8.82. The number of likely N-dealkylation sites (N-methyl/N-ethyl adjacent to an activating group) is 2. The topological polar surface area (TPSA) is 131 Å². The minimum atomic E-state index is -1.47. The molecule has 1 aliphatic carbocycles. The summed E-state index contributed by atoms with van der Waals surface area (Å²) in [7, 11) is 5.63. The van der Waals surface area contributed by atoms with Crippen molar-refractivity contribution in [1.29, 1.82) is 0 Å². The number of rotatable bonds is 8. The summed E-state index contributed by atoms with van der Waals surface area (Å²) in [5.41, 5.74) is -4.50. The number of ketones is 1. The maximum Gasteiger partial charge on any atom is 0.323 e. The van der Waals surface area contributed by atoms with Crippen molar-refractivity contribution in [3.63, 3.8) is 0 Å². The molecule has 0 bridgehead atoms. The van der Waals surface area contributed by atoms with Gasteiger partial charge in [0, 0.05) is 36.0 Å². The Morgan fingerprint density at radius 3 is 2.43 bits per heavy atom. The molecule has 2 saturated heterocycles. The minimum absolute atomic E-state index is 0.0695. The highest BCUT2D eigenvalue weighted by Crippen LogP contribution is 2.69. The maximum atomic E-state index is 14.4. The molecule has 0 unspecified atom stereocenters. The molecule has 11 heteroatoms. The molecule has 1 aromatic carbocycles. The lowest BCUT2D eigenvalue weighted by Gasteiger charge is -2.60. The van der Waals surface area contributed by atoms with Crippen molar-refractivity contribution in [1.82, 2.24) is 15.1 Å². The van der Waals surface area contributed by atoms with Crippen LogP contribution >= 0.6 is 11.6 Å². The normalized spacial score (nSPS) is 35.0. The van der Waals surface area contributed by atoms with Gasteiger partial charge >= 0.3 is 5.97 Å². The number of amides is 1. The zero-order chi connectivity index (χ0) is 34.4. The molecule has 3 fully saturated rings. The fourth-order valence-electron chi connectivity index (χ4n) is 9.58. The van der Waals surface area contributed by atoms with Crippen LogP contribution in [-0.4, -0.2) is 112 Å². The molecule has 0 radical (unpaired) electrons. The molecule has 4 N–H and O–H groups in total. The van der Waals surface area contributed by atoms with E-state index in [4.69, 9.17) is 16.3 Å². The second-order valence-corrected chi connectivity index (χ2v) is 16.5. The number of nitrogens with zero attached hydrogens (tertiary/aromatic N) is 2. The summed E-state index contributed by atoms with van der Waals surface area (Å²) in [6, 6.07) is 4.91. The number of alkyl halides is 1. The van der Waals surface area contributed by atoms with E-state index in [0.29, 0.717) is 43.5 Å². The number of anilines is 1. The van der Waals surface area contributed by atoms with Crippen LogP contribution in [0.25, 0.3) is 0 Å². The minimum Gasteiger partial charge on any atom is -0.461 e. The number of hydrogen-bond acceptors (Lipinski definition) is 9. The number of aliphatic hydroxyl groups is 2. The van der Waals surface area contributed by atoms with E-state index < -0.39 is 38.7 Å². The molecule has 1 spiro atoms. The first-order valence-electron chi connectivity index (χ1n) is 16.6. The average molecular weight is 661 g/mol. The molecule has 1 saturated carbocycles. The van der Waals surface area contributed by atoms with Crippen molar-refractivity contribution < 1.29 is 29.3 Å². The summed E-state index contributed by atoms with van der Waals surface area (Å²) >= 11 is 6.43. The average Bonchev–Trinajstić information content (AvgIpc) is 3.31. The Hall–Kier alpha value is -2.08. The summed E-state index contributed by atoms with van der Waals surface area (Å²) in [5.74, 6) is -0.859. The van der Waals surface area contributed by atoms with E-state index >= 15 is 0 Å². The predicted molar refractivity (Wildman–Crippen MR) is 178 cm³/mol. The standard InChI is InChI=1S/C35H53ClN4O6/c1-19(2)26(39(9)10)29(42)46-22-14-20(3)40-18-33(37-8)17-34(32(6,7)35(33,45)16-21(40)15-22)24-13-11-12-23(25(24)38-30(34)43)27(41)28(36)31(4,5)44/h11-13,19-22,26,28,37,44-45H,14-18H2,1-10H3,(H,38,43)/t20-,21+,22+,26+,28+,33+,34-,35-/m1/s1. The van der Waals surface area contributed by atoms with E-state index in [9.17, 15) is 24.6 Å². The zero-order valence-corrected chi connectivity index (χ0v) is 29.8. The van der Waals surface area contributed by atoms with Crippen LogP contribution in [0.3, 0.4) is 0 Å². The molecule has 1 aromatic rings. The highest BCUT2D eigenvalue weighted by Gasteiger charge is 2.79. The SMILES string of the molecule is CN[C@@]12CN3[C@@H](C[C@@H](OC(=O)[C@H](C(C)C)N(C)C)C[C@H]3C)C[C@@]1(O)C(C)(C)[C@@]1(C2)C(=O)Nc2c(C(=O)[C@H](Cl)C(C)(C)O)cccc21. The maximum absolute atomic E-state index is 14.4. The van der Waals surface area contributed by atoms with Crippen LogP contribution in [0.2, 0.25) is 0 Å². The van der Waals surface area contributed by atoms with Crippen LogP contribution in [0.4, 0.5) is 5.69 Å². The third-order valence-electron chi connectivity index (χ3n) is 12.1. The highest BCUT2D eigenvalue weighted by molar-refractivity contribution is 6.36. The molecule has 256 valence electrons. The largest absolute Gasteiger partial charge is 0.461 e. The number of halogens is 1. The van der Waals surface area contributed by atoms with E-state index in [-0.39, 0.29) is 47.6 Å². The third kappa shape index (κ3) is 4.88. The second-order valence-electron chi connectivity index (χ2n) is 16.0. The van der Waals surface area contributed by atoms with Crippen LogP contribution in [0, 0.1) is 11.3 Å². The Labute approximate surface area is 278 Å². The quantitative estimate of drug-likeness (QED) is 0.188. The lowest BCUT2D eigenvalue weighted by molar-refractivity contribution is -0.185. The summed E-state index contributed by atoms with van der Waals surface area (Å²) in [6.45, 7) is 13.6. The van der Waals surface area contributed by atoms with Gasteiger partial charge in [0.1, 0.15) is 17.5 Å². The van der Waals surface area contributed by atoms with Gasteiger partial charge in [-0.05, 0) is 78.7 Å². The molecule has 46 heavy (non-hydrogen) atoms. The van der Waals surface area contributed by atoms with Crippen molar-refractivity contribution in [2.45, 2.75) is 126 Å². The summed E-state index contributed by atoms with van der Waals surface area (Å²) in [5, 5.41) is 28.9. The van der Waals surface area contributed by atoms with Crippen molar-refractivity contribution in [3.05, 3.63) is 29.3 Å². The molecular weight excluding hydrogens is 608 g/mol. The molecule has 3 heterocycles. The van der Waals surface area contributed by atoms with Crippen molar-refractivity contribution >= 4 is 34.9 Å². The summed E-state index contributed by atoms with van der Waals surface area (Å²) in [6.07, 6.45) is 1.70. The lowest BCUT2D eigenvalue weighted by Crippen LogP contribution is -2.75. The second kappa shape index (κ2) is 11.5. The van der Waals surface area contributed by atoms with Gasteiger partial charge in [0.05, 0.1) is 27.8 Å². The highest BCUT2D eigenvalue weighted by atomic mass is 35.5. The number of ether oxygens (including phenoxy) is 1. The van der Waals surface area contributed by atoms with E-state index in [1.165, 1.54) is 13.8 Å². The van der Waals surface area contributed by atoms with Crippen LogP contribution < -0.4 is 10.6 Å². The monoisotopic (exact) mass is 660 g/mol. The van der Waals surface area contributed by atoms with Gasteiger partial charge in [-0.2, -0.15) is 0 Å². The van der Waals surface area contributed by atoms with Gasteiger partial charge < -0.3 is 25.6 Å². The summed E-state index contributed by atoms with van der Waals surface area (Å²) < 4.78 is 6.15. The molecule has 1 amide bonds. The smallest absolute Gasteiger partial charge is 0.323 e. The van der Waals surface area contributed by atoms with Crippen LogP contribution in [0.5, 0.6) is 0 Å². The number of fused-ring (bicyclic) bond motifs is 4. The van der Waals surface area contributed by atoms with Crippen molar-refractivity contribution in [3.8, 4) is 0 Å². The van der Waals surface area contributed by atoms with E-state index in [0.717, 1.165) is 0 Å². The lowest BCUT2D eigenvalue weighted by atomic mass is 9.57. The fourth-order valence-corrected chi connectivity index (χ4v) is 9.70. The van der Waals surface area contributed by atoms with Gasteiger partial charge in [-0.3, -0.25) is 24.2 Å². The zero-order valence-electron chi connectivity index (χ0n) is 29.0. The van der Waals surface area contributed by atoms with E-state index in [1.807, 2.05) is 59.8 Å². The van der Waals surface area contributed by atoms with Gasteiger partial charge in [0.25, 0.3) is 0 Å². The number of nitrogens with one attached hydrogen (secondary N) is 2. The number of carbonyl (C=O) groups is 3. The molecule has 0 aromatic heterocycles. The molecule has 5 rings (SSSR count). The van der Waals surface area contributed by atoms with Crippen LogP contribution in [-0.2, 0) is 19.7 Å². The molecule has 4 aliphatic rings. The van der Waals surface area contributed by atoms with Crippen molar-refractivity contribution in [2.24, 2.45) is 11.3 Å². The molecular formula is C35H53ClN4O6. The third-order valence-corrected chi connectivity index (χ3v) is 12.8. The number of carbonyl (C=O) groups excluding carboxylic acids is 3. The Bertz CT molecular complexity index is 1400. The number of hydrogen-bond donors (Lipinski definition) is 4. The Morgan fingerprint density at radius 1 is 1.22 bits per heavy atom. The Morgan fingerprint density at radius 2 is 1.87 bits per heavy atom. The summed E-state index contributed by atoms with van der Waals surface area (Å²) in [4.78, 5) is 45.5. The fraction of sp³-hybridized carbons (Fsp3) is 0.743. The van der Waals surface area contributed by atoms with Gasteiger partial charge in [0.15, 0.2) is 5.78 Å². The molecule has 3 aliphatic heterocycles. The number of para-hydroxylation sites is 1. The van der Waals surface area contributed by atoms with Crippen LogP contribution in [0.15, 0.2) is 18.2 Å². The van der Waals surface area contributed by atoms with Gasteiger partial charge in [0.2, 0.25) is 5.91 Å². The number of benzene rings is 1. The first-order valence-corrected chi connectivity index (χ1v) is 17.0. The first-order chi connectivity index (χ1) is 21.2. The number of esters is 1. The predicted octanol–water partition coefficient (Wildman–Crippen LogP) is 3.31. The van der Waals surface area contributed by atoms with Gasteiger partial charge in [-0.1, -0.05) is 39.8 Å². The molecule has 10 nitrogen and oxygen atoms in total.